The van der Waals surface area contributed by atoms with E-state index in [1.54, 1.807) is 0 Å². The van der Waals surface area contributed by atoms with Gasteiger partial charge >= 0.3 is 0 Å². The molecule has 1 aromatic rings. The summed E-state index contributed by atoms with van der Waals surface area (Å²) in [5.74, 6) is -0.0215. The van der Waals surface area contributed by atoms with E-state index in [0.717, 1.165) is 12.0 Å². The molecule has 0 heterocycles. The maximum atomic E-state index is 11.7. The first kappa shape index (κ1) is 14.0. The lowest BCUT2D eigenvalue weighted by molar-refractivity contribution is -0.122. The average Bonchev–Trinajstić information content (AvgIpc) is 2.28. The number of carbonyl (C=O) groups excluding carboxylic acids is 1. The summed E-state index contributed by atoms with van der Waals surface area (Å²) in [5, 5.41) is 3.59. The average molecular weight is 255 g/mol. The fraction of sp³-hybridized carbons (Fsp3) is 0.462. The van der Waals surface area contributed by atoms with Crippen molar-refractivity contribution in [3.8, 4) is 0 Å². The second kappa shape index (κ2) is 6.62. The van der Waals surface area contributed by atoms with Crippen molar-refractivity contribution in [3.05, 3.63) is 34.9 Å². The number of nitrogens with one attached hydrogen (secondary N) is 1. The van der Waals surface area contributed by atoms with E-state index in [9.17, 15) is 4.79 Å². The minimum Gasteiger partial charge on any atom is -0.350 e. The van der Waals surface area contributed by atoms with Gasteiger partial charge in [0, 0.05) is 17.5 Å². The lowest BCUT2D eigenvalue weighted by Gasteiger charge is -2.16. The van der Waals surface area contributed by atoms with Crippen LogP contribution < -0.4 is 11.1 Å². The van der Waals surface area contributed by atoms with Gasteiger partial charge in [-0.3, -0.25) is 4.79 Å². The molecule has 3 N–H and O–H groups in total. The monoisotopic (exact) mass is 254 g/mol. The van der Waals surface area contributed by atoms with Crippen LogP contribution in [0, 0.1) is 0 Å². The van der Waals surface area contributed by atoms with Crippen molar-refractivity contribution >= 4 is 17.5 Å². The Balaban J connectivity index is 2.54. The summed E-state index contributed by atoms with van der Waals surface area (Å²) < 4.78 is 0. The highest BCUT2D eigenvalue weighted by Gasteiger charge is 2.12. The fourth-order valence-electron chi connectivity index (χ4n) is 1.54. The summed E-state index contributed by atoms with van der Waals surface area (Å²) in [6.45, 7) is 3.90. The Hall–Kier alpha value is -1.06. The van der Waals surface area contributed by atoms with E-state index in [0.29, 0.717) is 11.4 Å². The zero-order valence-corrected chi connectivity index (χ0v) is 11.0. The third kappa shape index (κ3) is 4.75. The molecule has 1 unspecified atom stereocenters. The maximum absolute atomic E-state index is 11.7. The third-order valence-electron chi connectivity index (χ3n) is 2.70. The molecular weight excluding hydrogens is 236 g/mol. The number of benzene rings is 1. The topological polar surface area (TPSA) is 55.1 Å². The summed E-state index contributed by atoms with van der Waals surface area (Å²) >= 11 is 5.90. The van der Waals surface area contributed by atoms with Crippen LogP contribution in [0.15, 0.2) is 24.3 Å². The Morgan fingerprint density at radius 2 is 2.24 bits per heavy atom. The Kier molecular flexibility index (Phi) is 5.45. The predicted octanol–water partition coefficient (Wildman–Crippen LogP) is 2.64. The van der Waals surface area contributed by atoms with E-state index in [2.05, 4.69) is 5.32 Å². The predicted molar refractivity (Wildman–Crippen MR) is 70.9 cm³/mol. The minimum absolute atomic E-state index is 0.0215. The molecule has 1 rings (SSSR count). The van der Waals surface area contributed by atoms with Crippen LogP contribution in [0.5, 0.6) is 0 Å². The van der Waals surface area contributed by atoms with E-state index in [1.165, 1.54) is 0 Å². The summed E-state index contributed by atoms with van der Waals surface area (Å²) in [5.41, 5.74) is 6.73. The molecular formula is C13H19ClN2O. The normalized spacial score (nSPS) is 14.1. The Morgan fingerprint density at radius 1 is 1.53 bits per heavy atom. The molecule has 0 aliphatic rings. The van der Waals surface area contributed by atoms with Crippen LogP contribution in [0.4, 0.5) is 0 Å². The first-order chi connectivity index (χ1) is 8.02. The molecule has 1 amide bonds. The van der Waals surface area contributed by atoms with E-state index >= 15 is 0 Å². The quantitative estimate of drug-likeness (QED) is 0.849. The van der Waals surface area contributed by atoms with E-state index in [-0.39, 0.29) is 18.0 Å². The van der Waals surface area contributed by atoms with Gasteiger partial charge in [0.25, 0.3) is 0 Å². The molecule has 0 saturated carbocycles. The Labute approximate surface area is 107 Å². The van der Waals surface area contributed by atoms with Crippen LogP contribution in [-0.4, -0.2) is 11.9 Å². The second-order valence-corrected chi connectivity index (χ2v) is 4.65. The lowest BCUT2D eigenvalue weighted by Crippen LogP contribution is -2.32. The van der Waals surface area contributed by atoms with Crippen LogP contribution in [-0.2, 0) is 4.79 Å². The van der Waals surface area contributed by atoms with Gasteiger partial charge in [-0.1, -0.05) is 30.7 Å². The molecule has 94 valence electrons. The maximum Gasteiger partial charge on any atom is 0.222 e. The molecule has 0 fully saturated rings. The number of hydrogen-bond donors (Lipinski definition) is 2. The van der Waals surface area contributed by atoms with Gasteiger partial charge in [0.05, 0.1) is 6.04 Å². The number of halogens is 1. The van der Waals surface area contributed by atoms with Gasteiger partial charge in [-0.05, 0) is 31.0 Å². The van der Waals surface area contributed by atoms with Gasteiger partial charge in [0.1, 0.15) is 0 Å². The summed E-state index contributed by atoms with van der Waals surface area (Å²) in [6, 6.07) is 7.36. The van der Waals surface area contributed by atoms with Crippen molar-refractivity contribution in [1.82, 2.24) is 5.32 Å². The van der Waals surface area contributed by atoms with Crippen LogP contribution in [0.1, 0.15) is 38.3 Å². The van der Waals surface area contributed by atoms with E-state index in [4.69, 9.17) is 17.3 Å². The zero-order valence-electron chi connectivity index (χ0n) is 10.2. The molecule has 1 aromatic carbocycles. The molecule has 0 bridgehead atoms. The van der Waals surface area contributed by atoms with Crippen LogP contribution >= 0.6 is 11.6 Å². The number of rotatable bonds is 5. The van der Waals surface area contributed by atoms with Crippen molar-refractivity contribution in [2.75, 3.05) is 0 Å². The SMILES string of the molecule is CCC(N)CC(=O)N[C@@H](C)c1cccc(Cl)c1. The first-order valence-corrected chi connectivity index (χ1v) is 6.21. The smallest absolute Gasteiger partial charge is 0.222 e. The van der Waals surface area contributed by atoms with Gasteiger partial charge in [-0.15, -0.1) is 0 Å². The van der Waals surface area contributed by atoms with Crippen LogP contribution in [0.25, 0.3) is 0 Å². The summed E-state index contributed by atoms with van der Waals surface area (Å²) in [7, 11) is 0. The van der Waals surface area contributed by atoms with Crippen molar-refractivity contribution < 1.29 is 4.79 Å². The molecule has 0 radical (unpaired) electrons. The molecule has 0 saturated heterocycles. The first-order valence-electron chi connectivity index (χ1n) is 5.83. The van der Waals surface area contributed by atoms with Gasteiger partial charge < -0.3 is 11.1 Å². The van der Waals surface area contributed by atoms with Gasteiger partial charge in [-0.25, -0.2) is 0 Å². The molecule has 3 nitrogen and oxygen atoms in total. The van der Waals surface area contributed by atoms with Gasteiger partial charge in [-0.2, -0.15) is 0 Å². The van der Waals surface area contributed by atoms with Crippen molar-refractivity contribution in [3.63, 3.8) is 0 Å². The minimum atomic E-state index is -0.0680. The van der Waals surface area contributed by atoms with Gasteiger partial charge in [0.2, 0.25) is 5.91 Å². The second-order valence-electron chi connectivity index (χ2n) is 4.22. The van der Waals surface area contributed by atoms with Crippen molar-refractivity contribution in [2.45, 2.75) is 38.8 Å². The highest BCUT2D eigenvalue weighted by atomic mass is 35.5. The summed E-state index contributed by atoms with van der Waals surface area (Å²) in [6.07, 6.45) is 1.17. The molecule has 4 heteroatoms. The van der Waals surface area contributed by atoms with Crippen molar-refractivity contribution in [2.24, 2.45) is 5.73 Å². The van der Waals surface area contributed by atoms with Gasteiger partial charge in [0.15, 0.2) is 0 Å². The summed E-state index contributed by atoms with van der Waals surface area (Å²) in [4.78, 5) is 11.7. The zero-order chi connectivity index (χ0) is 12.8. The van der Waals surface area contributed by atoms with E-state index < -0.39 is 0 Å². The Morgan fingerprint density at radius 3 is 2.82 bits per heavy atom. The van der Waals surface area contributed by atoms with Crippen LogP contribution in [0.2, 0.25) is 5.02 Å². The lowest BCUT2D eigenvalue weighted by atomic mass is 10.1. The number of carbonyl (C=O) groups is 1. The van der Waals surface area contributed by atoms with E-state index in [1.807, 2.05) is 38.1 Å². The molecule has 0 spiro atoms. The molecule has 0 aromatic heterocycles. The largest absolute Gasteiger partial charge is 0.350 e. The standard InChI is InChI=1S/C13H19ClN2O/c1-3-12(15)8-13(17)16-9(2)10-5-4-6-11(14)7-10/h4-7,9,12H,3,8,15H2,1-2H3,(H,16,17)/t9-,12?/m0/s1. The van der Waals surface area contributed by atoms with Crippen molar-refractivity contribution in [1.29, 1.82) is 0 Å². The molecule has 0 aliphatic heterocycles. The Bertz CT molecular complexity index is 381. The van der Waals surface area contributed by atoms with Crippen LogP contribution in [0.3, 0.4) is 0 Å². The molecule has 0 aliphatic carbocycles. The highest BCUT2D eigenvalue weighted by molar-refractivity contribution is 6.30. The third-order valence-corrected chi connectivity index (χ3v) is 2.93. The highest BCUT2D eigenvalue weighted by Crippen LogP contribution is 2.17. The fourth-order valence-corrected chi connectivity index (χ4v) is 1.74. The molecule has 2 atom stereocenters. The number of amides is 1. The molecule has 17 heavy (non-hydrogen) atoms. The number of hydrogen-bond acceptors (Lipinski definition) is 2. The number of nitrogens with two attached hydrogens (primary N) is 1.